The highest BCUT2D eigenvalue weighted by Crippen LogP contribution is 2.30. The van der Waals surface area contributed by atoms with Gasteiger partial charge in [-0.1, -0.05) is 19.1 Å². The summed E-state index contributed by atoms with van der Waals surface area (Å²) < 4.78 is 24.7. The van der Waals surface area contributed by atoms with Gasteiger partial charge in [-0.3, -0.25) is 4.79 Å². The minimum atomic E-state index is -3.28. The van der Waals surface area contributed by atoms with E-state index in [2.05, 4.69) is 0 Å². The molecule has 6 heteroatoms. The van der Waals surface area contributed by atoms with Gasteiger partial charge in [-0.25, -0.2) is 8.42 Å². The summed E-state index contributed by atoms with van der Waals surface area (Å²) in [6.45, 7) is 3.00. The van der Waals surface area contributed by atoms with Gasteiger partial charge in [0.2, 0.25) is 0 Å². The van der Waals surface area contributed by atoms with Crippen molar-refractivity contribution in [3.63, 3.8) is 0 Å². The molecule has 0 bridgehead atoms. The first-order valence-corrected chi connectivity index (χ1v) is 8.90. The van der Waals surface area contributed by atoms with Gasteiger partial charge in [0.25, 0.3) is 0 Å². The van der Waals surface area contributed by atoms with E-state index in [1.807, 2.05) is 24.0 Å². The number of carboxylic acid groups (broad SMARTS) is 1. The van der Waals surface area contributed by atoms with E-state index in [0.717, 1.165) is 0 Å². The highest BCUT2D eigenvalue weighted by Gasteiger charge is 2.27. The molecule has 1 aliphatic heterocycles. The van der Waals surface area contributed by atoms with Crippen LogP contribution in [0.2, 0.25) is 0 Å². The lowest BCUT2D eigenvalue weighted by atomic mass is 9.97. The first-order chi connectivity index (χ1) is 9.95. The normalized spacial score (nSPS) is 16.9. The summed E-state index contributed by atoms with van der Waals surface area (Å²) in [6.07, 6.45) is 1.69. The van der Waals surface area contributed by atoms with Crippen molar-refractivity contribution in [3.8, 4) is 0 Å². The number of hydrogen-bond donors (Lipinski definition) is 1. The highest BCUT2D eigenvalue weighted by molar-refractivity contribution is 7.91. The fourth-order valence-corrected chi connectivity index (χ4v) is 4.29. The Morgan fingerprint density at radius 2 is 1.90 bits per heavy atom. The molecule has 1 N–H and O–H groups in total. The van der Waals surface area contributed by atoms with Crippen LogP contribution in [-0.2, 0) is 14.6 Å². The zero-order valence-electron chi connectivity index (χ0n) is 12.2. The van der Waals surface area contributed by atoms with Crippen LogP contribution < -0.4 is 4.90 Å². The Bertz CT molecular complexity index is 604. The lowest BCUT2D eigenvalue weighted by Crippen LogP contribution is -2.37. The maximum Gasteiger partial charge on any atom is 0.306 e. The maximum absolute atomic E-state index is 12.3. The van der Waals surface area contributed by atoms with Crippen LogP contribution in [0.4, 0.5) is 5.69 Å². The zero-order valence-corrected chi connectivity index (χ0v) is 13.0. The van der Waals surface area contributed by atoms with Gasteiger partial charge < -0.3 is 10.0 Å². The number of piperidine rings is 1. The molecule has 116 valence electrons. The summed E-state index contributed by atoms with van der Waals surface area (Å²) in [5, 5.41) is 9.03. The number of nitrogens with zero attached hydrogens (tertiary/aromatic N) is 1. The SMILES string of the molecule is CCCS(=O)(=O)c1ccccc1N1CCC(C(=O)O)CC1. The first-order valence-electron chi connectivity index (χ1n) is 7.25. The van der Waals surface area contributed by atoms with Gasteiger partial charge in [0, 0.05) is 13.1 Å². The zero-order chi connectivity index (χ0) is 15.5. The quantitative estimate of drug-likeness (QED) is 0.902. The molecule has 0 unspecified atom stereocenters. The standard InChI is InChI=1S/C15H21NO4S/c1-2-11-21(19,20)14-6-4-3-5-13(14)16-9-7-12(8-10-16)15(17)18/h3-6,12H,2,7-11H2,1H3,(H,17,18). The summed E-state index contributed by atoms with van der Waals surface area (Å²) in [5.74, 6) is -0.947. The molecule has 0 saturated carbocycles. The van der Waals surface area contributed by atoms with E-state index in [0.29, 0.717) is 42.9 Å². The molecule has 1 aliphatic rings. The molecular weight excluding hydrogens is 290 g/mol. The second-order valence-corrected chi connectivity index (χ2v) is 7.46. The van der Waals surface area contributed by atoms with Crippen molar-refractivity contribution in [1.82, 2.24) is 0 Å². The van der Waals surface area contributed by atoms with Crippen molar-refractivity contribution in [3.05, 3.63) is 24.3 Å². The smallest absolute Gasteiger partial charge is 0.306 e. The number of anilines is 1. The molecule has 1 fully saturated rings. The number of carbonyl (C=O) groups is 1. The van der Waals surface area contributed by atoms with Gasteiger partial charge in [-0.05, 0) is 31.4 Å². The lowest BCUT2D eigenvalue weighted by Gasteiger charge is -2.33. The number of benzene rings is 1. The van der Waals surface area contributed by atoms with E-state index in [4.69, 9.17) is 5.11 Å². The van der Waals surface area contributed by atoms with Crippen LogP contribution in [0.3, 0.4) is 0 Å². The third kappa shape index (κ3) is 3.56. The number of aliphatic carboxylic acids is 1. The fourth-order valence-electron chi connectivity index (χ4n) is 2.73. The van der Waals surface area contributed by atoms with Crippen LogP contribution in [0.1, 0.15) is 26.2 Å². The van der Waals surface area contributed by atoms with Crippen LogP contribution in [0.5, 0.6) is 0 Å². The summed E-state index contributed by atoms with van der Waals surface area (Å²) in [4.78, 5) is 13.3. The molecule has 2 rings (SSSR count). The molecule has 1 saturated heterocycles. The van der Waals surface area contributed by atoms with Crippen LogP contribution in [0.25, 0.3) is 0 Å². The van der Waals surface area contributed by atoms with Crippen LogP contribution >= 0.6 is 0 Å². The van der Waals surface area contributed by atoms with Crippen molar-refractivity contribution in [2.45, 2.75) is 31.1 Å². The third-order valence-corrected chi connectivity index (χ3v) is 5.82. The number of para-hydroxylation sites is 1. The Labute approximate surface area is 125 Å². The second-order valence-electron chi connectivity index (χ2n) is 5.39. The lowest BCUT2D eigenvalue weighted by molar-refractivity contribution is -0.142. The Balaban J connectivity index is 2.24. The number of carboxylic acids is 1. The van der Waals surface area contributed by atoms with Gasteiger partial charge in [0.15, 0.2) is 9.84 Å². The minimum absolute atomic E-state index is 0.135. The van der Waals surface area contributed by atoms with Crippen molar-refractivity contribution >= 4 is 21.5 Å². The minimum Gasteiger partial charge on any atom is -0.481 e. The molecule has 21 heavy (non-hydrogen) atoms. The largest absolute Gasteiger partial charge is 0.481 e. The fraction of sp³-hybridized carbons (Fsp3) is 0.533. The molecule has 0 spiro atoms. The molecule has 0 atom stereocenters. The van der Waals surface area contributed by atoms with E-state index in [1.165, 1.54) is 0 Å². The van der Waals surface area contributed by atoms with Gasteiger partial charge in [-0.2, -0.15) is 0 Å². The molecule has 1 aromatic carbocycles. The molecule has 0 aliphatic carbocycles. The molecule has 0 aromatic heterocycles. The van der Waals surface area contributed by atoms with Crippen LogP contribution in [0.15, 0.2) is 29.2 Å². The number of sulfone groups is 1. The van der Waals surface area contributed by atoms with Crippen LogP contribution in [-0.4, -0.2) is 38.3 Å². The van der Waals surface area contributed by atoms with E-state index in [1.54, 1.807) is 12.1 Å². The van der Waals surface area contributed by atoms with E-state index < -0.39 is 15.8 Å². The monoisotopic (exact) mass is 311 g/mol. The van der Waals surface area contributed by atoms with E-state index in [9.17, 15) is 13.2 Å². The molecule has 5 nitrogen and oxygen atoms in total. The van der Waals surface area contributed by atoms with Crippen molar-refractivity contribution in [2.24, 2.45) is 5.92 Å². The average molecular weight is 311 g/mol. The number of rotatable bonds is 5. The van der Waals surface area contributed by atoms with Gasteiger partial charge >= 0.3 is 5.97 Å². The maximum atomic E-state index is 12.3. The van der Waals surface area contributed by atoms with Crippen molar-refractivity contribution in [2.75, 3.05) is 23.7 Å². The molecule has 1 aromatic rings. The van der Waals surface area contributed by atoms with Crippen LogP contribution in [0, 0.1) is 5.92 Å². The van der Waals surface area contributed by atoms with Crippen molar-refractivity contribution < 1.29 is 18.3 Å². The second kappa shape index (κ2) is 6.47. The molecule has 1 heterocycles. The van der Waals surface area contributed by atoms with Gasteiger partial charge in [0.05, 0.1) is 22.3 Å². The van der Waals surface area contributed by atoms with E-state index >= 15 is 0 Å². The highest BCUT2D eigenvalue weighted by atomic mass is 32.2. The Hall–Kier alpha value is -1.56. The summed E-state index contributed by atoms with van der Waals surface area (Å²) >= 11 is 0. The molecular formula is C15H21NO4S. The van der Waals surface area contributed by atoms with Gasteiger partial charge in [-0.15, -0.1) is 0 Å². The third-order valence-electron chi connectivity index (χ3n) is 3.86. The van der Waals surface area contributed by atoms with E-state index in [-0.39, 0.29) is 11.7 Å². The summed E-state index contributed by atoms with van der Waals surface area (Å²) in [5.41, 5.74) is 0.704. The Morgan fingerprint density at radius 1 is 1.29 bits per heavy atom. The molecule has 0 radical (unpaired) electrons. The predicted octanol–water partition coefficient (Wildman–Crippen LogP) is 2.17. The number of hydrogen-bond acceptors (Lipinski definition) is 4. The topological polar surface area (TPSA) is 74.7 Å². The summed E-state index contributed by atoms with van der Waals surface area (Å²) in [6, 6.07) is 7.01. The average Bonchev–Trinajstić information content (AvgIpc) is 2.47. The Kier molecular flexibility index (Phi) is 4.88. The predicted molar refractivity (Wildman–Crippen MR) is 81.4 cm³/mol. The van der Waals surface area contributed by atoms with Gasteiger partial charge in [0.1, 0.15) is 0 Å². The Morgan fingerprint density at radius 3 is 2.48 bits per heavy atom. The molecule has 0 amide bonds. The van der Waals surface area contributed by atoms with Crippen molar-refractivity contribution in [1.29, 1.82) is 0 Å². The summed E-state index contributed by atoms with van der Waals surface area (Å²) in [7, 11) is -3.28. The first kappa shape index (κ1) is 15.8.